The van der Waals surface area contributed by atoms with Crippen LogP contribution in [0.5, 0.6) is 5.88 Å². The maximum atomic E-state index is 6.25. The average Bonchev–Trinajstić information content (AvgIpc) is 3.05. The van der Waals surface area contributed by atoms with E-state index in [1.54, 1.807) is 6.20 Å². The van der Waals surface area contributed by atoms with Crippen molar-refractivity contribution >= 4 is 0 Å². The summed E-state index contributed by atoms with van der Waals surface area (Å²) in [5.41, 5.74) is 2.11. The van der Waals surface area contributed by atoms with E-state index < -0.39 is 0 Å². The third-order valence-corrected chi connectivity index (χ3v) is 5.50. The first-order valence-corrected chi connectivity index (χ1v) is 8.21. The van der Waals surface area contributed by atoms with Gasteiger partial charge >= 0.3 is 0 Å². The molecular formula is C17H20N4O. The molecule has 0 amide bonds. The van der Waals surface area contributed by atoms with Crippen LogP contribution >= 0.6 is 0 Å². The second kappa shape index (κ2) is 4.81. The topological polar surface area (TPSA) is 54.0 Å². The van der Waals surface area contributed by atoms with Crippen molar-refractivity contribution in [2.75, 3.05) is 13.1 Å². The number of ether oxygens (including phenoxy) is 1. The van der Waals surface area contributed by atoms with Gasteiger partial charge in [-0.15, -0.1) is 0 Å². The number of nitrogens with one attached hydrogen (secondary N) is 1. The summed E-state index contributed by atoms with van der Waals surface area (Å²) < 4.78 is 6.25. The van der Waals surface area contributed by atoms with Crippen LogP contribution in [-0.2, 0) is 0 Å². The van der Waals surface area contributed by atoms with Crippen LogP contribution < -0.4 is 4.74 Å². The molecule has 22 heavy (non-hydrogen) atoms. The van der Waals surface area contributed by atoms with Crippen LogP contribution in [0.2, 0.25) is 0 Å². The maximum Gasteiger partial charge on any atom is 0.214 e. The number of pyridine rings is 1. The van der Waals surface area contributed by atoms with Crippen molar-refractivity contribution < 1.29 is 4.74 Å². The summed E-state index contributed by atoms with van der Waals surface area (Å²) in [6.45, 7) is 2.43. The van der Waals surface area contributed by atoms with Crippen molar-refractivity contribution in [3.05, 3.63) is 30.7 Å². The molecule has 3 saturated heterocycles. The van der Waals surface area contributed by atoms with Crippen molar-refractivity contribution in [1.82, 2.24) is 20.1 Å². The number of aromatic amines is 1. The van der Waals surface area contributed by atoms with Gasteiger partial charge in [0.25, 0.3) is 0 Å². The first-order chi connectivity index (χ1) is 10.8. The Bertz CT molecular complexity index is 624. The predicted octanol–water partition coefficient (Wildman–Crippen LogP) is 2.54. The van der Waals surface area contributed by atoms with Crippen LogP contribution in [-0.4, -0.2) is 39.4 Å². The fourth-order valence-electron chi connectivity index (χ4n) is 4.72. The monoisotopic (exact) mass is 296 g/mol. The van der Waals surface area contributed by atoms with Crippen molar-refractivity contribution in [2.45, 2.75) is 25.5 Å². The molecule has 4 fully saturated rings. The molecule has 1 N–H and O–H groups in total. The second-order valence-electron chi connectivity index (χ2n) is 7.03. The molecule has 114 valence electrons. The van der Waals surface area contributed by atoms with E-state index in [9.17, 15) is 0 Å². The van der Waals surface area contributed by atoms with E-state index in [2.05, 4.69) is 26.1 Å². The van der Waals surface area contributed by atoms with Crippen molar-refractivity contribution in [2.24, 2.45) is 17.8 Å². The molecule has 1 saturated carbocycles. The Morgan fingerprint density at radius 3 is 2.55 bits per heavy atom. The van der Waals surface area contributed by atoms with Gasteiger partial charge in [-0.3, -0.25) is 10.00 Å². The minimum absolute atomic E-state index is 0.236. The van der Waals surface area contributed by atoms with E-state index in [4.69, 9.17) is 4.74 Å². The zero-order valence-electron chi connectivity index (χ0n) is 12.5. The van der Waals surface area contributed by atoms with Gasteiger partial charge in [-0.1, -0.05) is 0 Å². The molecular weight excluding hydrogens is 276 g/mol. The van der Waals surface area contributed by atoms with E-state index in [1.165, 1.54) is 32.4 Å². The minimum atomic E-state index is 0.236. The number of hydrogen-bond donors (Lipinski definition) is 1. The highest BCUT2D eigenvalue weighted by Crippen LogP contribution is 2.46. The van der Waals surface area contributed by atoms with Crippen LogP contribution in [0.25, 0.3) is 11.1 Å². The summed E-state index contributed by atoms with van der Waals surface area (Å²) in [7, 11) is 0. The van der Waals surface area contributed by atoms with Gasteiger partial charge in [0.1, 0.15) is 0 Å². The van der Waals surface area contributed by atoms with Gasteiger partial charge in [0.15, 0.2) is 6.23 Å². The van der Waals surface area contributed by atoms with Gasteiger partial charge < -0.3 is 4.74 Å². The Labute approximate surface area is 129 Å². The average molecular weight is 296 g/mol. The minimum Gasteiger partial charge on any atom is -0.458 e. The molecule has 5 heteroatoms. The van der Waals surface area contributed by atoms with Gasteiger partial charge in [-0.25, -0.2) is 4.98 Å². The number of rotatable bonds is 3. The van der Waals surface area contributed by atoms with Gasteiger partial charge in [-0.05, 0) is 37.2 Å². The number of aromatic nitrogens is 3. The Balaban J connectivity index is 1.34. The highest BCUT2D eigenvalue weighted by molar-refractivity contribution is 5.60. The molecule has 2 aromatic heterocycles. The van der Waals surface area contributed by atoms with Crippen molar-refractivity contribution in [1.29, 1.82) is 0 Å². The lowest BCUT2D eigenvalue weighted by Gasteiger charge is -2.55. The van der Waals surface area contributed by atoms with E-state index in [-0.39, 0.29) is 6.23 Å². The van der Waals surface area contributed by atoms with Crippen LogP contribution in [0.4, 0.5) is 0 Å². The third kappa shape index (κ3) is 2.03. The predicted molar refractivity (Wildman–Crippen MR) is 82.1 cm³/mol. The normalized spacial score (nSPS) is 35.7. The molecule has 5 nitrogen and oxygen atoms in total. The molecule has 1 aliphatic carbocycles. The molecule has 3 aliphatic heterocycles. The molecule has 4 aliphatic rings. The quantitative estimate of drug-likeness (QED) is 0.945. The SMILES string of the molecule is c1cc(OC2C3CC4CC(C3)CN2C4)ncc1-c1cn[nH]c1. The molecule has 6 rings (SSSR count). The highest BCUT2D eigenvalue weighted by Gasteiger charge is 2.48. The number of hydrogen-bond acceptors (Lipinski definition) is 4. The zero-order valence-corrected chi connectivity index (χ0v) is 12.5. The molecule has 0 radical (unpaired) electrons. The van der Waals surface area contributed by atoms with Crippen LogP contribution in [0, 0.1) is 17.8 Å². The number of H-pyrrole nitrogens is 1. The molecule has 5 heterocycles. The summed E-state index contributed by atoms with van der Waals surface area (Å²) in [6.07, 6.45) is 9.90. The molecule has 3 atom stereocenters. The van der Waals surface area contributed by atoms with E-state index in [0.29, 0.717) is 5.92 Å². The molecule has 3 unspecified atom stereocenters. The largest absolute Gasteiger partial charge is 0.458 e. The lowest BCUT2D eigenvalue weighted by atomic mass is 9.67. The van der Waals surface area contributed by atoms with E-state index in [1.807, 2.05) is 18.5 Å². The Kier molecular flexibility index (Phi) is 2.77. The highest BCUT2D eigenvalue weighted by atomic mass is 16.5. The number of piperidine rings is 3. The zero-order chi connectivity index (χ0) is 14.5. The maximum absolute atomic E-state index is 6.25. The summed E-state index contributed by atoms with van der Waals surface area (Å²) >= 11 is 0. The summed E-state index contributed by atoms with van der Waals surface area (Å²) in [5.74, 6) is 3.26. The fourth-order valence-corrected chi connectivity index (χ4v) is 4.72. The van der Waals surface area contributed by atoms with Crippen molar-refractivity contribution in [3.8, 4) is 17.0 Å². The van der Waals surface area contributed by atoms with Gasteiger partial charge in [0.05, 0.1) is 6.20 Å². The Morgan fingerprint density at radius 2 is 1.91 bits per heavy atom. The van der Waals surface area contributed by atoms with Gasteiger partial charge in [0.2, 0.25) is 5.88 Å². The Hall–Kier alpha value is -1.88. The first-order valence-electron chi connectivity index (χ1n) is 8.21. The van der Waals surface area contributed by atoms with Gasteiger partial charge in [0, 0.05) is 48.6 Å². The second-order valence-corrected chi connectivity index (χ2v) is 7.03. The van der Waals surface area contributed by atoms with Gasteiger partial charge in [-0.2, -0.15) is 5.10 Å². The lowest BCUT2D eigenvalue weighted by Crippen LogP contribution is -2.61. The summed E-state index contributed by atoms with van der Waals surface area (Å²) in [5, 5.41) is 6.80. The smallest absolute Gasteiger partial charge is 0.214 e. The first kappa shape index (κ1) is 12.6. The molecule has 0 aromatic carbocycles. The molecule has 0 spiro atoms. The molecule has 4 bridgehead atoms. The van der Waals surface area contributed by atoms with E-state index in [0.717, 1.165) is 28.8 Å². The molecule has 2 aromatic rings. The lowest BCUT2D eigenvalue weighted by molar-refractivity contribution is -0.143. The van der Waals surface area contributed by atoms with E-state index >= 15 is 0 Å². The number of nitrogens with zero attached hydrogens (tertiary/aromatic N) is 3. The van der Waals surface area contributed by atoms with Crippen LogP contribution in [0.1, 0.15) is 19.3 Å². The van der Waals surface area contributed by atoms with Crippen LogP contribution in [0.15, 0.2) is 30.7 Å². The fraction of sp³-hybridized carbons (Fsp3) is 0.529. The summed E-state index contributed by atoms with van der Waals surface area (Å²) in [4.78, 5) is 7.04. The van der Waals surface area contributed by atoms with Crippen molar-refractivity contribution in [3.63, 3.8) is 0 Å². The third-order valence-electron chi connectivity index (χ3n) is 5.50. The standard InChI is InChI=1S/C17H20N4O/c1-2-16(18-6-13(1)15-7-19-20-8-15)22-17-14-4-11-3-12(5-14)10-21(17)9-11/h1-2,6-8,11-12,14,17H,3-5,9-10H2,(H,19,20). The summed E-state index contributed by atoms with van der Waals surface area (Å²) in [6, 6.07) is 4.03. The van der Waals surface area contributed by atoms with Crippen LogP contribution in [0.3, 0.4) is 0 Å². The Morgan fingerprint density at radius 1 is 1.05 bits per heavy atom.